The molecular formula is C19H23N3O3S. The first-order chi connectivity index (χ1) is 12.4. The number of amides is 1. The topological polar surface area (TPSA) is 101 Å². The van der Waals surface area contributed by atoms with Crippen molar-refractivity contribution < 1.29 is 13.2 Å². The highest BCUT2D eigenvalue weighted by Gasteiger charge is 2.24. The lowest BCUT2D eigenvalue weighted by Gasteiger charge is -2.27. The van der Waals surface area contributed by atoms with Crippen LogP contribution in [0.1, 0.15) is 47.3 Å². The Morgan fingerprint density at radius 1 is 1.23 bits per heavy atom. The van der Waals surface area contributed by atoms with Crippen LogP contribution in [0.5, 0.6) is 0 Å². The Balaban J connectivity index is 1.84. The van der Waals surface area contributed by atoms with Crippen LogP contribution in [-0.4, -0.2) is 20.1 Å². The van der Waals surface area contributed by atoms with Crippen molar-refractivity contribution in [1.29, 1.82) is 0 Å². The third-order valence-electron chi connectivity index (χ3n) is 4.60. The quantitative estimate of drug-likeness (QED) is 0.702. The van der Waals surface area contributed by atoms with E-state index >= 15 is 0 Å². The lowest BCUT2D eigenvalue weighted by molar-refractivity contribution is 0.0933. The molecule has 26 heavy (non-hydrogen) atoms. The Morgan fingerprint density at radius 3 is 2.77 bits per heavy atom. The van der Waals surface area contributed by atoms with Crippen molar-refractivity contribution in [2.75, 3.05) is 16.2 Å². The van der Waals surface area contributed by atoms with Gasteiger partial charge in [-0.1, -0.05) is 18.2 Å². The van der Waals surface area contributed by atoms with Crippen molar-refractivity contribution in [3.63, 3.8) is 0 Å². The number of para-hydroxylation sites is 1. The molecule has 0 spiro atoms. The Labute approximate surface area is 153 Å². The summed E-state index contributed by atoms with van der Waals surface area (Å²) in [5.41, 5.74) is 9.41. The van der Waals surface area contributed by atoms with Crippen LogP contribution in [0.15, 0.2) is 42.5 Å². The number of anilines is 2. The molecule has 0 saturated heterocycles. The highest BCUT2D eigenvalue weighted by atomic mass is 32.2. The molecule has 1 atom stereocenters. The second-order valence-electron chi connectivity index (χ2n) is 6.43. The van der Waals surface area contributed by atoms with Crippen molar-refractivity contribution >= 4 is 27.3 Å². The van der Waals surface area contributed by atoms with Gasteiger partial charge in [-0.05, 0) is 61.6 Å². The molecule has 2 aromatic rings. The van der Waals surface area contributed by atoms with Gasteiger partial charge in [0.05, 0.1) is 23.0 Å². The molecule has 138 valence electrons. The number of rotatable bonds is 5. The molecule has 0 aromatic heterocycles. The SMILES string of the molecule is CCS(=O)(=O)Nc1ccccc1C(=O)NC1CCCc2cc(N)ccc21. The van der Waals surface area contributed by atoms with Crippen LogP contribution in [-0.2, 0) is 16.4 Å². The van der Waals surface area contributed by atoms with Gasteiger partial charge in [0.15, 0.2) is 0 Å². The molecule has 0 aliphatic heterocycles. The first kappa shape index (κ1) is 18.3. The smallest absolute Gasteiger partial charge is 0.253 e. The lowest BCUT2D eigenvalue weighted by atomic mass is 9.87. The van der Waals surface area contributed by atoms with Crippen LogP contribution < -0.4 is 15.8 Å². The van der Waals surface area contributed by atoms with E-state index < -0.39 is 10.0 Å². The van der Waals surface area contributed by atoms with Gasteiger partial charge in [0.1, 0.15) is 0 Å². The van der Waals surface area contributed by atoms with Gasteiger partial charge in [0.2, 0.25) is 10.0 Å². The van der Waals surface area contributed by atoms with Crippen LogP contribution in [0, 0.1) is 0 Å². The number of sulfonamides is 1. The third-order valence-corrected chi connectivity index (χ3v) is 5.89. The van der Waals surface area contributed by atoms with Gasteiger partial charge < -0.3 is 11.1 Å². The van der Waals surface area contributed by atoms with Crippen molar-refractivity contribution in [3.05, 3.63) is 59.2 Å². The molecule has 1 amide bonds. The molecule has 0 bridgehead atoms. The van der Waals surface area contributed by atoms with E-state index in [1.165, 1.54) is 0 Å². The molecule has 2 aromatic carbocycles. The Kier molecular flexibility index (Phi) is 5.18. The van der Waals surface area contributed by atoms with Gasteiger partial charge in [0.25, 0.3) is 5.91 Å². The maximum Gasteiger partial charge on any atom is 0.253 e. The molecule has 0 radical (unpaired) electrons. The number of nitrogens with two attached hydrogens (primary N) is 1. The molecule has 1 aliphatic rings. The zero-order valence-corrected chi connectivity index (χ0v) is 15.5. The average molecular weight is 373 g/mol. The fourth-order valence-corrected chi connectivity index (χ4v) is 3.89. The number of fused-ring (bicyclic) bond motifs is 1. The fourth-order valence-electron chi connectivity index (χ4n) is 3.23. The Hall–Kier alpha value is -2.54. The molecule has 0 fully saturated rings. The summed E-state index contributed by atoms with van der Waals surface area (Å²) in [7, 11) is -3.46. The fraction of sp³-hybridized carbons (Fsp3) is 0.316. The largest absolute Gasteiger partial charge is 0.399 e. The van der Waals surface area contributed by atoms with Crippen molar-refractivity contribution in [3.8, 4) is 0 Å². The van der Waals surface area contributed by atoms with Crippen LogP contribution in [0.25, 0.3) is 0 Å². The molecule has 0 heterocycles. The summed E-state index contributed by atoms with van der Waals surface area (Å²) in [6, 6.07) is 12.3. The molecule has 3 rings (SSSR count). The van der Waals surface area contributed by atoms with E-state index in [2.05, 4.69) is 10.0 Å². The van der Waals surface area contributed by atoms with E-state index in [1.54, 1.807) is 31.2 Å². The normalized spacial score (nSPS) is 16.6. The number of nitrogen functional groups attached to an aromatic ring is 1. The standard InChI is InChI=1S/C19H23N3O3S/c1-2-26(24,25)22-18-8-4-3-7-16(18)19(23)21-17-9-5-6-13-12-14(20)10-11-15(13)17/h3-4,7-8,10-12,17,22H,2,5-6,9,20H2,1H3,(H,21,23). The van der Waals surface area contributed by atoms with Gasteiger partial charge in [-0.2, -0.15) is 0 Å². The van der Waals surface area contributed by atoms with Gasteiger partial charge in [-0.25, -0.2) is 8.42 Å². The van der Waals surface area contributed by atoms with Crippen LogP contribution in [0.2, 0.25) is 0 Å². The summed E-state index contributed by atoms with van der Waals surface area (Å²) in [5.74, 6) is -0.352. The third kappa shape index (κ3) is 3.99. The predicted molar refractivity (Wildman–Crippen MR) is 104 cm³/mol. The van der Waals surface area contributed by atoms with Crippen LogP contribution in [0.4, 0.5) is 11.4 Å². The number of carbonyl (C=O) groups is 1. The Bertz CT molecular complexity index is 925. The summed E-state index contributed by atoms with van der Waals surface area (Å²) in [5, 5.41) is 3.04. The molecule has 0 saturated carbocycles. The zero-order valence-electron chi connectivity index (χ0n) is 14.7. The van der Waals surface area contributed by atoms with Crippen LogP contribution >= 0.6 is 0 Å². The lowest BCUT2D eigenvalue weighted by Crippen LogP contribution is -2.31. The summed E-state index contributed by atoms with van der Waals surface area (Å²) >= 11 is 0. The number of carbonyl (C=O) groups excluding carboxylic acids is 1. The number of hydrogen-bond acceptors (Lipinski definition) is 4. The first-order valence-electron chi connectivity index (χ1n) is 8.68. The average Bonchev–Trinajstić information content (AvgIpc) is 2.61. The molecule has 7 heteroatoms. The summed E-state index contributed by atoms with van der Waals surface area (Å²) in [6.45, 7) is 1.55. The maximum absolute atomic E-state index is 12.8. The van der Waals surface area contributed by atoms with Crippen molar-refractivity contribution in [1.82, 2.24) is 5.32 Å². The molecule has 6 nitrogen and oxygen atoms in total. The molecule has 1 aliphatic carbocycles. The predicted octanol–water partition coefficient (Wildman–Crippen LogP) is 2.84. The Morgan fingerprint density at radius 2 is 2.00 bits per heavy atom. The highest BCUT2D eigenvalue weighted by Crippen LogP contribution is 2.31. The van der Waals surface area contributed by atoms with Gasteiger partial charge in [-0.15, -0.1) is 0 Å². The monoisotopic (exact) mass is 373 g/mol. The zero-order chi connectivity index (χ0) is 18.7. The second-order valence-corrected chi connectivity index (χ2v) is 8.44. The van der Waals surface area contributed by atoms with Crippen LogP contribution in [0.3, 0.4) is 0 Å². The minimum absolute atomic E-state index is 0.0552. The number of benzene rings is 2. The minimum Gasteiger partial charge on any atom is -0.399 e. The summed E-state index contributed by atoms with van der Waals surface area (Å²) < 4.78 is 26.2. The second kappa shape index (κ2) is 7.37. The van der Waals surface area contributed by atoms with Gasteiger partial charge >= 0.3 is 0 Å². The van der Waals surface area contributed by atoms with Gasteiger partial charge in [0, 0.05) is 5.69 Å². The highest BCUT2D eigenvalue weighted by molar-refractivity contribution is 7.92. The summed E-state index contributed by atoms with van der Waals surface area (Å²) in [4.78, 5) is 12.8. The molecule has 4 N–H and O–H groups in total. The molecule has 1 unspecified atom stereocenters. The number of aryl methyl sites for hydroxylation is 1. The number of hydrogen-bond donors (Lipinski definition) is 3. The van der Waals surface area contributed by atoms with E-state index in [9.17, 15) is 13.2 Å². The van der Waals surface area contributed by atoms with E-state index in [1.807, 2.05) is 18.2 Å². The van der Waals surface area contributed by atoms with E-state index in [4.69, 9.17) is 5.73 Å². The van der Waals surface area contributed by atoms with Crippen molar-refractivity contribution in [2.24, 2.45) is 0 Å². The van der Waals surface area contributed by atoms with E-state index in [-0.39, 0.29) is 17.7 Å². The first-order valence-corrected chi connectivity index (χ1v) is 10.3. The minimum atomic E-state index is -3.46. The van der Waals surface area contributed by atoms with E-state index in [0.29, 0.717) is 11.3 Å². The maximum atomic E-state index is 12.8. The van der Waals surface area contributed by atoms with E-state index in [0.717, 1.165) is 36.1 Å². The van der Waals surface area contributed by atoms with Crippen molar-refractivity contribution in [2.45, 2.75) is 32.2 Å². The molecular weight excluding hydrogens is 350 g/mol. The number of nitrogens with one attached hydrogen (secondary N) is 2. The van der Waals surface area contributed by atoms with Gasteiger partial charge in [-0.3, -0.25) is 9.52 Å². The summed E-state index contributed by atoms with van der Waals surface area (Å²) in [6.07, 6.45) is 2.75.